The average Bonchev–Trinajstić information content (AvgIpc) is 2.97. The smallest absolute Gasteiger partial charge is 0.149 e. The van der Waals surface area contributed by atoms with Crippen LogP contribution in [-0.4, -0.2) is 11.0 Å². The van der Waals surface area contributed by atoms with Gasteiger partial charge >= 0.3 is 0 Å². The Hall–Kier alpha value is -0.930. The van der Waals surface area contributed by atoms with Gasteiger partial charge in [-0.25, -0.2) is 0 Å². The first-order valence-corrected chi connectivity index (χ1v) is 5.29. The minimum atomic E-state index is -0.379. The molecule has 2 rings (SSSR count). The molecule has 1 aliphatic rings. The van der Waals surface area contributed by atoms with E-state index in [0.29, 0.717) is 10.0 Å². The third-order valence-electron chi connectivity index (χ3n) is 2.79. The van der Waals surface area contributed by atoms with E-state index in [0.717, 1.165) is 18.4 Å². The highest BCUT2D eigenvalue weighted by atomic mass is 35.5. The zero-order chi connectivity index (χ0) is 11.1. The Labute approximate surface area is 97.5 Å². The number of rotatable bonds is 2. The maximum Gasteiger partial charge on any atom is 0.149 e. The van der Waals surface area contributed by atoms with Gasteiger partial charge in [0, 0.05) is 10.0 Å². The summed E-state index contributed by atoms with van der Waals surface area (Å²) in [7, 11) is 0. The molecule has 1 saturated carbocycles. The Morgan fingerprint density at radius 3 is 2.53 bits per heavy atom. The Bertz CT molecular complexity index is 427. The number of nitrogens with two attached hydrogens (primary N) is 1. The topological polar surface area (TPSA) is 58.6 Å². The van der Waals surface area contributed by atoms with Gasteiger partial charge in [0.15, 0.2) is 0 Å². The van der Waals surface area contributed by atoms with E-state index in [1.807, 2.05) is 6.07 Å². The largest absolute Gasteiger partial charge is 0.409 e. The molecule has 15 heavy (non-hydrogen) atoms. The quantitative estimate of drug-likeness (QED) is 0.364. The van der Waals surface area contributed by atoms with Gasteiger partial charge in [-0.05, 0) is 30.5 Å². The summed E-state index contributed by atoms with van der Waals surface area (Å²) in [5.41, 5.74) is 6.16. The molecular formula is C10H10Cl2N2O. The third kappa shape index (κ3) is 1.66. The fourth-order valence-corrected chi connectivity index (χ4v) is 2.35. The Kier molecular flexibility index (Phi) is 2.52. The summed E-state index contributed by atoms with van der Waals surface area (Å²) < 4.78 is 0. The molecule has 1 aromatic rings. The number of amidine groups is 1. The van der Waals surface area contributed by atoms with E-state index in [1.165, 1.54) is 0 Å². The zero-order valence-electron chi connectivity index (χ0n) is 7.87. The highest BCUT2D eigenvalue weighted by Crippen LogP contribution is 2.50. The second-order valence-corrected chi connectivity index (χ2v) is 4.54. The molecule has 0 unspecified atom stereocenters. The second-order valence-electron chi connectivity index (χ2n) is 3.69. The molecule has 5 heteroatoms. The van der Waals surface area contributed by atoms with Crippen LogP contribution in [0, 0.1) is 0 Å². The van der Waals surface area contributed by atoms with E-state index in [2.05, 4.69) is 5.16 Å². The predicted molar refractivity (Wildman–Crippen MR) is 60.8 cm³/mol. The van der Waals surface area contributed by atoms with Crippen LogP contribution in [0.1, 0.15) is 18.4 Å². The van der Waals surface area contributed by atoms with Gasteiger partial charge in [0.25, 0.3) is 0 Å². The van der Waals surface area contributed by atoms with E-state index in [9.17, 15) is 0 Å². The van der Waals surface area contributed by atoms with Crippen LogP contribution in [0.4, 0.5) is 0 Å². The maximum atomic E-state index is 8.71. The summed E-state index contributed by atoms with van der Waals surface area (Å²) in [6.07, 6.45) is 1.70. The molecule has 0 bridgehead atoms. The van der Waals surface area contributed by atoms with Crippen LogP contribution in [0.3, 0.4) is 0 Å². The van der Waals surface area contributed by atoms with Crippen LogP contribution >= 0.6 is 23.2 Å². The van der Waals surface area contributed by atoms with Gasteiger partial charge in [-0.3, -0.25) is 0 Å². The summed E-state index contributed by atoms with van der Waals surface area (Å²) in [6.45, 7) is 0. The Morgan fingerprint density at radius 2 is 2.07 bits per heavy atom. The minimum absolute atomic E-state index is 0.215. The van der Waals surface area contributed by atoms with Crippen LogP contribution in [0.15, 0.2) is 23.4 Å². The molecule has 1 fully saturated rings. The number of hydrogen-bond acceptors (Lipinski definition) is 2. The van der Waals surface area contributed by atoms with Crippen LogP contribution in [-0.2, 0) is 5.41 Å². The Balaban J connectivity index is 2.46. The molecule has 0 amide bonds. The van der Waals surface area contributed by atoms with Crippen molar-refractivity contribution in [2.45, 2.75) is 18.3 Å². The summed E-state index contributed by atoms with van der Waals surface area (Å²) in [5, 5.41) is 12.9. The lowest BCUT2D eigenvalue weighted by atomic mass is 9.95. The minimum Gasteiger partial charge on any atom is -0.409 e. The molecule has 0 aromatic heterocycles. The van der Waals surface area contributed by atoms with Crippen molar-refractivity contribution in [3.8, 4) is 0 Å². The van der Waals surface area contributed by atoms with Crippen molar-refractivity contribution in [2.24, 2.45) is 10.9 Å². The number of halogens is 2. The number of benzene rings is 1. The molecule has 3 N–H and O–H groups in total. The van der Waals surface area contributed by atoms with Crippen molar-refractivity contribution >= 4 is 29.0 Å². The third-order valence-corrected chi connectivity index (χ3v) is 3.34. The summed E-state index contributed by atoms with van der Waals surface area (Å²) >= 11 is 11.9. The molecule has 1 aromatic carbocycles. The van der Waals surface area contributed by atoms with Crippen molar-refractivity contribution in [1.29, 1.82) is 0 Å². The number of hydrogen-bond donors (Lipinski definition) is 2. The van der Waals surface area contributed by atoms with Crippen molar-refractivity contribution in [1.82, 2.24) is 0 Å². The van der Waals surface area contributed by atoms with Gasteiger partial charge in [0.1, 0.15) is 5.84 Å². The first kappa shape index (κ1) is 10.6. The summed E-state index contributed by atoms with van der Waals surface area (Å²) in [6, 6.07) is 5.26. The van der Waals surface area contributed by atoms with Crippen molar-refractivity contribution < 1.29 is 5.21 Å². The monoisotopic (exact) mass is 244 g/mol. The fraction of sp³-hybridized carbons (Fsp3) is 0.300. The van der Waals surface area contributed by atoms with Crippen molar-refractivity contribution in [2.75, 3.05) is 0 Å². The molecule has 0 atom stereocenters. The number of oxime groups is 1. The summed E-state index contributed by atoms with van der Waals surface area (Å²) in [4.78, 5) is 0. The SMILES string of the molecule is N/C(=N\O)C1(c2ccc(Cl)cc2Cl)CC1. The maximum absolute atomic E-state index is 8.71. The molecule has 0 saturated heterocycles. The van der Waals surface area contributed by atoms with Crippen molar-refractivity contribution in [3.05, 3.63) is 33.8 Å². The van der Waals surface area contributed by atoms with E-state index in [-0.39, 0.29) is 11.3 Å². The molecule has 80 valence electrons. The molecule has 0 heterocycles. The molecule has 3 nitrogen and oxygen atoms in total. The lowest BCUT2D eigenvalue weighted by molar-refractivity contribution is 0.315. The highest BCUT2D eigenvalue weighted by Gasteiger charge is 2.49. The van der Waals surface area contributed by atoms with E-state index in [4.69, 9.17) is 34.1 Å². The van der Waals surface area contributed by atoms with Gasteiger partial charge in [-0.15, -0.1) is 0 Å². The van der Waals surface area contributed by atoms with E-state index >= 15 is 0 Å². The van der Waals surface area contributed by atoms with Gasteiger partial charge in [0.05, 0.1) is 5.41 Å². The van der Waals surface area contributed by atoms with Gasteiger partial charge in [-0.1, -0.05) is 34.4 Å². The van der Waals surface area contributed by atoms with Gasteiger partial charge < -0.3 is 10.9 Å². The zero-order valence-corrected chi connectivity index (χ0v) is 9.39. The highest BCUT2D eigenvalue weighted by molar-refractivity contribution is 6.35. The molecule has 1 aliphatic carbocycles. The van der Waals surface area contributed by atoms with Crippen LogP contribution in [0.2, 0.25) is 10.0 Å². The number of nitrogens with zero attached hydrogens (tertiary/aromatic N) is 1. The van der Waals surface area contributed by atoms with Gasteiger partial charge in [0.2, 0.25) is 0 Å². The van der Waals surface area contributed by atoms with Gasteiger partial charge in [-0.2, -0.15) is 0 Å². The van der Waals surface area contributed by atoms with E-state index in [1.54, 1.807) is 12.1 Å². The van der Waals surface area contributed by atoms with Crippen LogP contribution in [0.25, 0.3) is 0 Å². The molecule has 0 spiro atoms. The second kappa shape index (κ2) is 3.58. The van der Waals surface area contributed by atoms with Crippen molar-refractivity contribution in [3.63, 3.8) is 0 Å². The molecular weight excluding hydrogens is 235 g/mol. The average molecular weight is 245 g/mol. The predicted octanol–water partition coefficient (Wildman–Crippen LogP) is 2.77. The lowest BCUT2D eigenvalue weighted by Gasteiger charge is -2.15. The first-order chi connectivity index (χ1) is 7.10. The van der Waals surface area contributed by atoms with Crippen LogP contribution < -0.4 is 5.73 Å². The Morgan fingerprint density at radius 1 is 1.40 bits per heavy atom. The molecule has 0 aliphatic heterocycles. The normalized spacial score (nSPS) is 18.9. The van der Waals surface area contributed by atoms with E-state index < -0.39 is 0 Å². The standard InChI is InChI=1S/C10H10Cl2N2O/c11-6-1-2-7(8(12)5-6)10(3-4-10)9(13)14-15/h1-2,5,15H,3-4H2,(H2,13,14). The summed E-state index contributed by atoms with van der Waals surface area (Å²) in [5.74, 6) is 0.215. The van der Waals surface area contributed by atoms with Crippen LogP contribution in [0.5, 0.6) is 0 Å². The molecule has 0 radical (unpaired) electrons. The lowest BCUT2D eigenvalue weighted by Crippen LogP contribution is -2.29. The first-order valence-electron chi connectivity index (χ1n) is 4.54. The fourth-order valence-electron chi connectivity index (χ4n) is 1.76.